The first-order chi connectivity index (χ1) is 8.65. The molecule has 18 heavy (non-hydrogen) atoms. The third-order valence-electron chi connectivity index (χ3n) is 3.15. The molecule has 0 aliphatic carbocycles. The van der Waals surface area contributed by atoms with Crippen LogP contribution in [0.3, 0.4) is 0 Å². The lowest BCUT2D eigenvalue weighted by Gasteiger charge is -2.32. The van der Waals surface area contributed by atoms with E-state index >= 15 is 0 Å². The van der Waals surface area contributed by atoms with Crippen molar-refractivity contribution in [1.29, 1.82) is 0 Å². The van der Waals surface area contributed by atoms with E-state index in [1.165, 1.54) is 14.6 Å². The second-order valence-electron chi connectivity index (χ2n) is 4.28. The number of fused-ring (bicyclic) bond motifs is 1. The lowest BCUT2D eigenvalue weighted by Crippen LogP contribution is -2.42. The molecule has 3 rings (SSSR count). The number of anilines is 1. The van der Waals surface area contributed by atoms with Crippen LogP contribution < -0.4 is 4.90 Å². The zero-order valence-corrected chi connectivity index (χ0v) is 14.8. The second-order valence-corrected chi connectivity index (χ2v) is 7.24. The third-order valence-corrected chi connectivity index (χ3v) is 5.28. The number of thiol groups is 1. The van der Waals surface area contributed by atoms with Gasteiger partial charge in [-0.2, -0.15) is 0 Å². The molecule has 7 heteroatoms. The van der Waals surface area contributed by atoms with Crippen molar-refractivity contribution < 1.29 is 0 Å². The summed E-state index contributed by atoms with van der Waals surface area (Å²) in [5.41, 5.74) is 2.14. The Morgan fingerprint density at radius 2 is 1.94 bits per heavy atom. The number of pyridine rings is 1. The molecule has 0 aromatic carbocycles. The first kappa shape index (κ1) is 13.3. The summed E-state index contributed by atoms with van der Waals surface area (Å²) in [6.45, 7) is 4.33. The van der Waals surface area contributed by atoms with Gasteiger partial charge in [0.15, 0.2) is 5.65 Å². The number of nitrogens with zero attached hydrogens (tertiary/aromatic N) is 4. The second kappa shape index (κ2) is 5.33. The molecule has 96 valence electrons. The third kappa shape index (κ3) is 2.46. The number of aromatic nitrogens is 2. The summed E-state index contributed by atoms with van der Waals surface area (Å²) in [6.07, 6.45) is 3.95. The van der Waals surface area contributed by atoms with Gasteiger partial charge in [-0.05, 0) is 28.7 Å². The van der Waals surface area contributed by atoms with Crippen molar-refractivity contribution in [3.05, 3.63) is 22.0 Å². The molecule has 3 heterocycles. The highest BCUT2D eigenvalue weighted by Crippen LogP contribution is 2.27. The van der Waals surface area contributed by atoms with Crippen LogP contribution in [0.15, 0.2) is 18.5 Å². The van der Waals surface area contributed by atoms with Crippen molar-refractivity contribution >= 4 is 75.0 Å². The summed E-state index contributed by atoms with van der Waals surface area (Å²) in [6, 6.07) is 2.22. The van der Waals surface area contributed by atoms with Crippen LogP contribution in [-0.2, 0) is 0 Å². The van der Waals surface area contributed by atoms with Crippen LogP contribution in [0, 0.1) is 3.57 Å². The van der Waals surface area contributed by atoms with Crippen molar-refractivity contribution in [3.8, 4) is 0 Å². The Bertz CT molecular complexity index is 578. The molecule has 0 N–H and O–H groups in total. The van der Waals surface area contributed by atoms with E-state index in [4.69, 9.17) is 0 Å². The molecule has 1 aliphatic rings. The van der Waals surface area contributed by atoms with Crippen LogP contribution in [0.2, 0.25) is 0 Å². The van der Waals surface area contributed by atoms with E-state index < -0.39 is 0 Å². The summed E-state index contributed by atoms with van der Waals surface area (Å²) in [7, 11) is 0. The fraction of sp³-hybridized carbons (Fsp3) is 0.364. The quantitative estimate of drug-likeness (QED) is 0.382. The van der Waals surface area contributed by atoms with Gasteiger partial charge in [0, 0.05) is 64.2 Å². The summed E-state index contributed by atoms with van der Waals surface area (Å²) in [5.74, 6) is 0. The largest absolute Gasteiger partial charge is 0.368 e. The van der Waals surface area contributed by atoms with E-state index in [9.17, 15) is 0 Å². The molecule has 0 atom stereocenters. The van der Waals surface area contributed by atoms with Crippen LogP contribution in [0.25, 0.3) is 11.0 Å². The number of rotatable bonds is 1. The summed E-state index contributed by atoms with van der Waals surface area (Å²) in [5, 5.41) is 1.18. The summed E-state index contributed by atoms with van der Waals surface area (Å²) >= 11 is 9.09. The first-order valence-corrected chi connectivity index (χ1v) is 8.11. The SMILES string of the molecule is Sn1cc(I)c2cc(N3CCN(I)CC3)cnc21. The molecule has 1 aliphatic heterocycles. The standard InChI is InChI=1S/C11H12I2N4S/c12-10-7-17(18)11-9(10)5-8(6-14-11)15-1-3-16(13)4-2-15/h5-7,18H,1-4H2. The fourth-order valence-corrected chi connectivity index (χ4v) is 3.76. The van der Waals surface area contributed by atoms with E-state index in [0.29, 0.717) is 0 Å². The lowest BCUT2D eigenvalue weighted by molar-refractivity contribution is 0.460. The molecule has 0 unspecified atom stereocenters. The Labute approximate surface area is 139 Å². The normalized spacial score (nSPS) is 17.6. The van der Waals surface area contributed by atoms with E-state index in [1.54, 1.807) is 3.97 Å². The Balaban J connectivity index is 1.95. The van der Waals surface area contributed by atoms with Gasteiger partial charge in [0.2, 0.25) is 0 Å². The average molecular weight is 486 g/mol. The Morgan fingerprint density at radius 1 is 1.22 bits per heavy atom. The highest BCUT2D eigenvalue weighted by molar-refractivity contribution is 14.1. The maximum Gasteiger partial charge on any atom is 0.150 e. The molecule has 2 aromatic rings. The summed E-state index contributed by atoms with van der Waals surface area (Å²) in [4.78, 5) is 6.92. The molecule has 0 radical (unpaired) electrons. The van der Waals surface area contributed by atoms with Gasteiger partial charge in [-0.3, -0.25) is 3.97 Å². The molecule has 0 saturated carbocycles. The Hall–Kier alpha value is 0.260. The zero-order chi connectivity index (χ0) is 12.7. The van der Waals surface area contributed by atoms with Gasteiger partial charge in [-0.25, -0.2) is 8.10 Å². The van der Waals surface area contributed by atoms with E-state index in [0.717, 1.165) is 31.8 Å². The van der Waals surface area contributed by atoms with Gasteiger partial charge in [0.05, 0.1) is 11.9 Å². The molecule has 0 bridgehead atoms. The average Bonchev–Trinajstić information content (AvgIpc) is 2.66. The summed E-state index contributed by atoms with van der Waals surface area (Å²) < 4.78 is 5.30. The number of hydrogen-bond donors (Lipinski definition) is 1. The minimum absolute atomic E-state index is 0.930. The molecule has 0 amide bonds. The predicted octanol–water partition coefficient (Wildman–Crippen LogP) is 2.81. The van der Waals surface area contributed by atoms with Crippen molar-refractivity contribution in [1.82, 2.24) is 12.1 Å². The maximum absolute atomic E-state index is 4.52. The van der Waals surface area contributed by atoms with Crippen LogP contribution in [0.4, 0.5) is 5.69 Å². The van der Waals surface area contributed by atoms with E-state index in [1.807, 2.05) is 12.4 Å². The minimum Gasteiger partial charge on any atom is -0.368 e. The van der Waals surface area contributed by atoms with Crippen LogP contribution >= 0.6 is 58.3 Å². The number of halogens is 2. The molecular weight excluding hydrogens is 474 g/mol. The monoisotopic (exact) mass is 486 g/mol. The van der Waals surface area contributed by atoms with Crippen molar-refractivity contribution in [3.63, 3.8) is 0 Å². The van der Waals surface area contributed by atoms with Gasteiger partial charge < -0.3 is 4.90 Å². The zero-order valence-electron chi connectivity index (χ0n) is 9.55. The smallest absolute Gasteiger partial charge is 0.150 e. The Morgan fingerprint density at radius 3 is 2.67 bits per heavy atom. The van der Waals surface area contributed by atoms with Crippen molar-refractivity contribution in [2.24, 2.45) is 0 Å². The lowest BCUT2D eigenvalue weighted by atomic mass is 10.2. The van der Waals surface area contributed by atoms with Crippen LogP contribution in [0.5, 0.6) is 0 Å². The molecule has 0 spiro atoms. The number of hydrogen-bond acceptors (Lipinski definition) is 4. The highest BCUT2D eigenvalue weighted by atomic mass is 127. The van der Waals surface area contributed by atoms with Gasteiger partial charge >= 0.3 is 0 Å². The predicted molar refractivity (Wildman–Crippen MR) is 94.6 cm³/mol. The first-order valence-electron chi connectivity index (χ1n) is 5.66. The van der Waals surface area contributed by atoms with Crippen LogP contribution in [0.1, 0.15) is 0 Å². The molecule has 1 saturated heterocycles. The fourth-order valence-electron chi connectivity index (χ4n) is 2.16. The maximum atomic E-state index is 4.52. The van der Waals surface area contributed by atoms with E-state index in [-0.39, 0.29) is 0 Å². The molecule has 1 fully saturated rings. The van der Waals surface area contributed by atoms with Crippen molar-refractivity contribution in [2.75, 3.05) is 31.1 Å². The van der Waals surface area contributed by atoms with Gasteiger partial charge in [-0.1, -0.05) is 12.8 Å². The molecule has 4 nitrogen and oxygen atoms in total. The minimum atomic E-state index is 0.930. The highest BCUT2D eigenvalue weighted by Gasteiger charge is 2.16. The van der Waals surface area contributed by atoms with Gasteiger partial charge in [-0.15, -0.1) is 0 Å². The van der Waals surface area contributed by atoms with E-state index in [2.05, 4.69) is 77.3 Å². The van der Waals surface area contributed by atoms with Gasteiger partial charge in [0.1, 0.15) is 0 Å². The Kier molecular flexibility index (Phi) is 3.92. The van der Waals surface area contributed by atoms with Crippen molar-refractivity contribution in [2.45, 2.75) is 0 Å². The number of piperazine rings is 1. The molecule has 2 aromatic heterocycles. The van der Waals surface area contributed by atoms with Crippen LogP contribution in [-0.4, -0.2) is 38.2 Å². The van der Waals surface area contributed by atoms with Gasteiger partial charge in [0.25, 0.3) is 0 Å². The topological polar surface area (TPSA) is 24.3 Å². The molecular formula is C11H12I2N4S.